The lowest BCUT2D eigenvalue weighted by molar-refractivity contribution is -0.122. The van der Waals surface area contributed by atoms with E-state index in [2.05, 4.69) is 20.6 Å². The molecular formula is C19H18N4O3S. The van der Waals surface area contributed by atoms with Crippen LogP contribution >= 0.6 is 11.3 Å². The fraction of sp³-hybridized carbons (Fsp3) is 0.263. The number of nitrogens with zero attached hydrogens (tertiary/aromatic N) is 2. The van der Waals surface area contributed by atoms with Crippen molar-refractivity contribution in [2.45, 2.75) is 25.8 Å². The van der Waals surface area contributed by atoms with Crippen molar-refractivity contribution in [3.05, 3.63) is 52.7 Å². The van der Waals surface area contributed by atoms with Crippen LogP contribution in [0.25, 0.3) is 10.2 Å². The highest BCUT2D eigenvalue weighted by atomic mass is 32.1. The van der Waals surface area contributed by atoms with Crippen LogP contribution in [-0.4, -0.2) is 28.5 Å². The normalized spacial score (nSPS) is 12.6. The molecule has 2 N–H and O–H groups in total. The van der Waals surface area contributed by atoms with E-state index < -0.39 is 11.9 Å². The molecular weight excluding hydrogens is 364 g/mol. The van der Waals surface area contributed by atoms with Crippen molar-refractivity contribution in [1.82, 2.24) is 20.6 Å². The first kappa shape index (κ1) is 17.4. The van der Waals surface area contributed by atoms with Gasteiger partial charge in [-0.05, 0) is 30.4 Å². The summed E-state index contributed by atoms with van der Waals surface area (Å²) >= 11 is 1.65. The molecule has 1 aliphatic rings. The van der Waals surface area contributed by atoms with Crippen LogP contribution in [0.5, 0.6) is 5.88 Å². The third-order valence-electron chi connectivity index (χ3n) is 4.36. The molecule has 4 rings (SSSR count). The summed E-state index contributed by atoms with van der Waals surface area (Å²) in [5.41, 5.74) is 2.18. The smallest absolute Gasteiger partial charge is 0.321 e. The molecule has 0 unspecified atom stereocenters. The van der Waals surface area contributed by atoms with Crippen LogP contribution in [0.1, 0.15) is 22.4 Å². The number of urea groups is 1. The standard InChI is InChI=1S/C19H18N4O3S/c24-15(23-19(25)20-9-12-5-2-1-3-6-12)10-26-17-16-13-7-4-8-14(13)27-18(16)22-11-21-17/h1-3,5-6,11H,4,7-10H2,(H2,20,23,24,25). The van der Waals surface area contributed by atoms with Gasteiger partial charge in [-0.3, -0.25) is 10.1 Å². The zero-order valence-electron chi connectivity index (χ0n) is 14.5. The zero-order chi connectivity index (χ0) is 18.6. The minimum Gasteiger partial charge on any atom is -0.467 e. The molecule has 0 aliphatic heterocycles. The van der Waals surface area contributed by atoms with E-state index in [4.69, 9.17) is 4.74 Å². The molecule has 3 amide bonds. The topological polar surface area (TPSA) is 93.2 Å². The van der Waals surface area contributed by atoms with Gasteiger partial charge in [0.1, 0.15) is 11.2 Å². The van der Waals surface area contributed by atoms with Crippen LogP contribution in [0.3, 0.4) is 0 Å². The fourth-order valence-corrected chi connectivity index (χ4v) is 4.35. The van der Waals surface area contributed by atoms with E-state index in [0.717, 1.165) is 35.0 Å². The largest absolute Gasteiger partial charge is 0.467 e. The second-order valence-electron chi connectivity index (χ2n) is 6.22. The molecule has 7 nitrogen and oxygen atoms in total. The Bertz CT molecular complexity index is 987. The summed E-state index contributed by atoms with van der Waals surface area (Å²) < 4.78 is 5.59. The third-order valence-corrected chi connectivity index (χ3v) is 5.56. The van der Waals surface area contributed by atoms with Gasteiger partial charge in [-0.15, -0.1) is 11.3 Å². The molecule has 0 atom stereocenters. The highest BCUT2D eigenvalue weighted by Gasteiger charge is 2.22. The van der Waals surface area contributed by atoms with E-state index >= 15 is 0 Å². The minimum atomic E-state index is -0.559. The molecule has 0 bridgehead atoms. The molecule has 1 aliphatic carbocycles. The zero-order valence-corrected chi connectivity index (χ0v) is 15.3. The summed E-state index contributed by atoms with van der Waals surface area (Å²) in [6.07, 6.45) is 4.59. The highest BCUT2D eigenvalue weighted by molar-refractivity contribution is 7.18. The Morgan fingerprint density at radius 1 is 1.15 bits per heavy atom. The van der Waals surface area contributed by atoms with Crippen molar-refractivity contribution in [2.24, 2.45) is 0 Å². The van der Waals surface area contributed by atoms with Gasteiger partial charge < -0.3 is 10.1 Å². The summed E-state index contributed by atoms with van der Waals surface area (Å²) in [6, 6.07) is 8.90. The van der Waals surface area contributed by atoms with Crippen LogP contribution < -0.4 is 15.4 Å². The first-order valence-corrected chi connectivity index (χ1v) is 9.52. The van der Waals surface area contributed by atoms with Gasteiger partial charge in [-0.1, -0.05) is 30.3 Å². The van der Waals surface area contributed by atoms with E-state index in [1.54, 1.807) is 11.3 Å². The Kier molecular flexibility index (Phi) is 4.97. The molecule has 1 aromatic carbocycles. The lowest BCUT2D eigenvalue weighted by atomic mass is 10.2. The first-order chi connectivity index (χ1) is 13.2. The van der Waals surface area contributed by atoms with Crippen molar-refractivity contribution in [3.8, 4) is 5.88 Å². The van der Waals surface area contributed by atoms with E-state index in [9.17, 15) is 9.59 Å². The van der Waals surface area contributed by atoms with Gasteiger partial charge in [0.15, 0.2) is 6.61 Å². The summed E-state index contributed by atoms with van der Waals surface area (Å²) in [6.45, 7) is 0.0594. The molecule has 0 radical (unpaired) electrons. The van der Waals surface area contributed by atoms with Gasteiger partial charge in [0.05, 0.1) is 5.39 Å². The average molecular weight is 382 g/mol. The number of carbonyl (C=O) groups excluding carboxylic acids is 2. The molecule has 3 aromatic rings. The number of aromatic nitrogens is 2. The maximum absolute atomic E-state index is 12.0. The van der Waals surface area contributed by atoms with Crippen molar-refractivity contribution < 1.29 is 14.3 Å². The molecule has 0 fully saturated rings. The molecule has 2 aromatic heterocycles. The molecule has 8 heteroatoms. The van der Waals surface area contributed by atoms with Gasteiger partial charge in [-0.2, -0.15) is 0 Å². The third kappa shape index (κ3) is 3.90. The number of imide groups is 1. The van der Waals surface area contributed by atoms with Crippen LogP contribution in [0.4, 0.5) is 4.79 Å². The summed E-state index contributed by atoms with van der Waals surface area (Å²) in [4.78, 5) is 34.5. The Morgan fingerprint density at radius 3 is 2.85 bits per heavy atom. The number of thiophene rings is 1. The van der Waals surface area contributed by atoms with Crippen LogP contribution in [0.2, 0.25) is 0 Å². The van der Waals surface area contributed by atoms with Crippen molar-refractivity contribution in [1.29, 1.82) is 0 Å². The number of nitrogens with one attached hydrogen (secondary N) is 2. The number of amides is 3. The maximum Gasteiger partial charge on any atom is 0.321 e. The van der Waals surface area contributed by atoms with Crippen LogP contribution in [0.15, 0.2) is 36.7 Å². The van der Waals surface area contributed by atoms with E-state index in [1.165, 1.54) is 16.8 Å². The Hall–Kier alpha value is -3.00. The number of carbonyl (C=O) groups is 2. The van der Waals surface area contributed by atoms with E-state index in [0.29, 0.717) is 12.4 Å². The highest BCUT2D eigenvalue weighted by Crippen LogP contribution is 2.39. The van der Waals surface area contributed by atoms with Gasteiger partial charge in [0.25, 0.3) is 5.91 Å². The van der Waals surface area contributed by atoms with Crippen LogP contribution in [-0.2, 0) is 24.2 Å². The van der Waals surface area contributed by atoms with Gasteiger partial charge in [-0.25, -0.2) is 14.8 Å². The second kappa shape index (κ2) is 7.71. The fourth-order valence-electron chi connectivity index (χ4n) is 3.13. The van der Waals surface area contributed by atoms with Crippen LogP contribution in [0, 0.1) is 0 Å². The Balaban J connectivity index is 1.33. The predicted molar refractivity (Wildman–Crippen MR) is 102 cm³/mol. The van der Waals surface area contributed by atoms with E-state index in [1.807, 2.05) is 30.3 Å². The molecule has 2 heterocycles. The summed E-state index contributed by atoms with van der Waals surface area (Å²) in [7, 11) is 0. The number of benzene rings is 1. The minimum absolute atomic E-state index is 0.282. The number of hydrogen-bond acceptors (Lipinski definition) is 6. The monoisotopic (exact) mass is 382 g/mol. The summed E-state index contributed by atoms with van der Waals surface area (Å²) in [5.74, 6) is -0.126. The molecule has 0 saturated carbocycles. The Morgan fingerprint density at radius 2 is 2.00 bits per heavy atom. The number of aryl methyl sites for hydroxylation is 2. The number of hydrogen-bond donors (Lipinski definition) is 2. The summed E-state index contributed by atoms with van der Waals surface area (Å²) in [5, 5.41) is 5.80. The van der Waals surface area contributed by atoms with Crippen molar-refractivity contribution in [2.75, 3.05) is 6.61 Å². The average Bonchev–Trinajstić information content (AvgIpc) is 3.26. The number of rotatable bonds is 5. The van der Waals surface area contributed by atoms with Gasteiger partial charge >= 0.3 is 6.03 Å². The lowest BCUT2D eigenvalue weighted by Gasteiger charge is -2.08. The van der Waals surface area contributed by atoms with Gasteiger partial charge in [0, 0.05) is 11.4 Å². The van der Waals surface area contributed by atoms with E-state index in [-0.39, 0.29) is 6.61 Å². The number of ether oxygens (including phenoxy) is 1. The Labute approximate surface area is 159 Å². The first-order valence-electron chi connectivity index (χ1n) is 8.70. The van der Waals surface area contributed by atoms with Crippen molar-refractivity contribution >= 4 is 33.5 Å². The second-order valence-corrected chi connectivity index (χ2v) is 7.31. The van der Waals surface area contributed by atoms with Crippen molar-refractivity contribution in [3.63, 3.8) is 0 Å². The quantitative estimate of drug-likeness (QED) is 0.707. The van der Waals surface area contributed by atoms with Gasteiger partial charge in [0.2, 0.25) is 5.88 Å². The predicted octanol–water partition coefficient (Wildman–Crippen LogP) is 2.58. The molecule has 0 spiro atoms. The lowest BCUT2D eigenvalue weighted by Crippen LogP contribution is -2.41. The molecule has 0 saturated heterocycles. The molecule has 27 heavy (non-hydrogen) atoms. The number of fused-ring (bicyclic) bond motifs is 3. The molecule has 138 valence electrons. The maximum atomic E-state index is 12.0. The SMILES string of the molecule is O=C(COc1ncnc2sc3c(c12)CCC3)NC(=O)NCc1ccccc1.